The van der Waals surface area contributed by atoms with Crippen LogP contribution in [0.1, 0.15) is 22.0 Å². The maximum absolute atomic E-state index is 12.9. The fourth-order valence-corrected chi connectivity index (χ4v) is 2.74. The molecule has 5 nitrogen and oxygen atoms in total. The van der Waals surface area contributed by atoms with Crippen LogP contribution in [0.3, 0.4) is 0 Å². The molecule has 0 aromatic heterocycles. The molecule has 1 saturated heterocycles. The molecular weight excluding hydrogens is 323 g/mol. The molecule has 2 aromatic carbocycles. The van der Waals surface area contributed by atoms with E-state index in [1.807, 2.05) is 24.3 Å². The number of benzene rings is 2. The summed E-state index contributed by atoms with van der Waals surface area (Å²) in [4.78, 5) is 14.2. The number of aliphatic hydroxyl groups is 1. The van der Waals surface area contributed by atoms with E-state index >= 15 is 0 Å². The van der Waals surface area contributed by atoms with Crippen molar-refractivity contribution < 1.29 is 19.0 Å². The van der Waals surface area contributed by atoms with Crippen molar-refractivity contribution in [2.24, 2.45) is 0 Å². The molecule has 1 heterocycles. The van der Waals surface area contributed by atoms with E-state index in [1.54, 1.807) is 0 Å². The molecule has 6 heteroatoms. The van der Waals surface area contributed by atoms with Gasteiger partial charge in [-0.2, -0.15) is 0 Å². The summed E-state index contributed by atoms with van der Waals surface area (Å²) in [5.41, 5.74) is 2.18. The number of amides is 1. The lowest BCUT2D eigenvalue weighted by Gasteiger charge is -2.29. The monoisotopic (exact) mass is 344 g/mol. The molecule has 2 aromatic rings. The summed E-state index contributed by atoms with van der Waals surface area (Å²) in [5.74, 6) is -0.735. The summed E-state index contributed by atoms with van der Waals surface area (Å²) in [7, 11) is 0. The van der Waals surface area contributed by atoms with Crippen LogP contribution in [0.4, 0.5) is 10.1 Å². The quantitative estimate of drug-likeness (QED) is 0.872. The van der Waals surface area contributed by atoms with Crippen LogP contribution in [0, 0.1) is 5.82 Å². The van der Waals surface area contributed by atoms with Crippen LogP contribution in [0.25, 0.3) is 0 Å². The number of anilines is 1. The normalized spacial score (nSPS) is 15.7. The Bertz CT molecular complexity index is 698. The van der Waals surface area contributed by atoms with E-state index in [0.717, 1.165) is 37.6 Å². The minimum Gasteiger partial charge on any atom is -0.387 e. The first-order valence-electron chi connectivity index (χ1n) is 8.28. The highest BCUT2D eigenvalue weighted by atomic mass is 19.1. The van der Waals surface area contributed by atoms with Gasteiger partial charge in [0.25, 0.3) is 5.91 Å². The number of ether oxygens (including phenoxy) is 1. The highest BCUT2D eigenvalue weighted by Crippen LogP contribution is 2.20. The number of hydrogen-bond acceptors (Lipinski definition) is 4. The number of aliphatic hydroxyl groups excluding tert-OH is 1. The van der Waals surface area contributed by atoms with Gasteiger partial charge in [0, 0.05) is 30.9 Å². The number of hydrogen-bond donors (Lipinski definition) is 2. The summed E-state index contributed by atoms with van der Waals surface area (Å²) in [5, 5.41) is 12.9. The Morgan fingerprint density at radius 2 is 1.76 bits per heavy atom. The van der Waals surface area contributed by atoms with Crippen LogP contribution in [0.15, 0.2) is 48.5 Å². The third-order valence-electron chi connectivity index (χ3n) is 4.22. The Kier molecular flexibility index (Phi) is 5.63. The first-order valence-corrected chi connectivity index (χ1v) is 8.28. The van der Waals surface area contributed by atoms with E-state index in [2.05, 4.69) is 10.2 Å². The van der Waals surface area contributed by atoms with Gasteiger partial charge in [-0.3, -0.25) is 4.79 Å². The summed E-state index contributed by atoms with van der Waals surface area (Å²) >= 11 is 0. The second kappa shape index (κ2) is 8.09. The van der Waals surface area contributed by atoms with Crippen molar-refractivity contribution in [3.8, 4) is 0 Å². The van der Waals surface area contributed by atoms with Crippen molar-refractivity contribution in [3.05, 3.63) is 65.5 Å². The molecular formula is C19H21FN2O3. The van der Waals surface area contributed by atoms with Crippen LogP contribution >= 0.6 is 0 Å². The van der Waals surface area contributed by atoms with Crippen molar-refractivity contribution in [2.45, 2.75) is 6.10 Å². The van der Waals surface area contributed by atoms with Crippen LogP contribution in [-0.2, 0) is 4.74 Å². The summed E-state index contributed by atoms with van der Waals surface area (Å²) < 4.78 is 18.2. The molecule has 0 spiro atoms. The number of halogens is 1. The van der Waals surface area contributed by atoms with Crippen molar-refractivity contribution >= 4 is 11.6 Å². The van der Waals surface area contributed by atoms with Crippen molar-refractivity contribution in [1.82, 2.24) is 5.32 Å². The molecule has 0 radical (unpaired) electrons. The predicted molar refractivity (Wildman–Crippen MR) is 93.2 cm³/mol. The molecule has 1 fully saturated rings. The van der Waals surface area contributed by atoms with Gasteiger partial charge in [0.2, 0.25) is 0 Å². The minimum absolute atomic E-state index is 0.0904. The number of nitrogens with zero attached hydrogens (tertiary/aromatic N) is 1. The van der Waals surface area contributed by atoms with E-state index in [4.69, 9.17) is 4.74 Å². The molecule has 1 aliphatic rings. The van der Waals surface area contributed by atoms with Crippen LogP contribution in [-0.4, -0.2) is 43.9 Å². The standard InChI is InChI=1S/C19H21FN2O3/c20-16-5-1-15(2-6-16)19(24)21-13-18(23)14-3-7-17(8-4-14)22-9-11-25-12-10-22/h1-8,18,23H,9-13H2,(H,21,24). The van der Waals surface area contributed by atoms with Crippen molar-refractivity contribution in [1.29, 1.82) is 0 Å². The number of morpholine rings is 1. The molecule has 0 bridgehead atoms. The van der Waals surface area contributed by atoms with Gasteiger partial charge in [-0.15, -0.1) is 0 Å². The third-order valence-corrected chi connectivity index (χ3v) is 4.22. The Morgan fingerprint density at radius 1 is 1.12 bits per heavy atom. The molecule has 132 valence electrons. The van der Waals surface area contributed by atoms with Gasteiger partial charge in [-0.05, 0) is 42.0 Å². The lowest BCUT2D eigenvalue weighted by Crippen LogP contribution is -2.36. The second-order valence-electron chi connectivity index (χ2n) is 5.92. The van der Waals surface area contributed by atoms with Gasteiger partial charge in [-0.1, -0.05) is 12.1 Å². The second-order valence-corrected chi connectivity index (χ2v) is 5.92. The average Bonchev–Trinajstić information content (AvgIpc) is 2.67. The highest BCUT2D eigenvalue weighted by molar-refractivity contribution is 5.94. The maximum Gasteiger partial charge on any atom is 0.251 e. The number of nitrogens with one attached hydrogen (secondary N) is 1. The first kappa shape index (κ1) is 17.4. The molecule has 0 aliphatic carbocycles. The lowest BCUT2D eigenvalue weighted by atomic mass is 10.1. The summed E-state index contributed by atoms with van der Waals surface area (Å²) in [6.07, 6.45) is -0.803. The van der Waals surface area contributed by atoms with Crippen LogP contribution < -0.4 is 10.2 Å². The van der Waals surface area contributed by atoms with E-state index in [1.165, 1.54) is 24.3 Å². The van der Waals surface area contributed by atoms with Crippen molar-refractivity contribution in [3.63, 3.8) is 0 Å². The van der Waals surface area contributed by atoms with Gasteiger partial charge in [0.1, 0.15) is 5.82 Å². The largest absolute Gasteiger partial charge is 0.387 e. The average molecular weight is 344 g/mol. The van der Waals surface area contributed by atoms with Crippen LogP contribution in [0.5, 0.6) is 0 Å². The zero-order chi connectivity index (χ0) is 17.6. The van der Waals surface area contributed by atoms with E-state index in [9.17, 15) is 14.3 Å². The SMILES string of the molecule is O=C(NCC(O)c1ccc(N2CCOCC2)cc1)c1ccc(F)cc1. The van der Waals surface area contributed by atoms with Crippen LogP contribution in [0.2, 0.25) is 0 Å². The number of carbonyl (C=O) groups excluding carboxylic acids is 1. The maximum atomic E-state index is 12.9. The number of rotatable bonds is 5. The topological polar surface area (TPSA) is 61.8 Å². The lowest BCUT2D eigenvalue weighted by molar-refractivity contribution is 0.0916. The molecule has 1 aliphatic heterocycles. The molecule has 1 atom stereocenters. The van der Waals surface area contributed by atoms with Gasteiger partial charge in [-0.25, -0.2) is 4.39 Å². The van der Waals surface area contributed by atoms with Gasteiger partial charge < -0.3 is 20.1 Å². The Hall–Kier alpha value is -2.44. The molecule has 3 rings (SSSR count). The predicted octanol–water partition coefficient (Wildman–Crippen LogP) is 2.13. The fourth-order valence-electron chi connectivity index (χ4n) is 2.74. The Morgan fingerprint density at radius 3 is 2.40 bits per heavy atom. The molecule has 0 saturated carbocycles. The zero-order valence-electron chi connectivity index (χ0n) is 13.8. The highest BCUT2D eigenvalue weighted by Gasteiger charge is 2.14. The Labute approximate surface area is 146 Å². The van der Waals surface area contributed by atoms with Gasteiger partial charge >= 0.3 is 0 Å². The van der Waals surface area contributed by atoms with E-state index in [0.29, 0.717) is 5.56 Å². The summed E-state index contributed by atoms with van der Waals surface area (Å²) in [6.45, 7) is 3.25. The zero-order valence-corrected chi connectivity index (χ0v) is 13.8. The van der Waals surface area contributed by atoms with E-state index < -0.39 is 11.9 Å². The Balaban J connectivity index is 1.54. The van der Waals surface area contributed by atoms with Gasteiger partial charge in [0.15, 0.2) is 0 Å². The van der Waals surface area contributed by atoms with Crippen molar-refractivity contribution in [2.75, 3.05) is 37.7 Å². The summed E-state index contributed by atoms with van der Waals surface area (Å²) in [6, 6.07) is 12.9. The minimum atomic E-state index is -0.803. The third kappa shape index (κ3) is 4.55. The number of carbonyl (C=O) groups is 1. The molecule has 25 heavy (non-hydrogen) atoms. The van der Waals surface area contributed by atoms with E-state index in [-0.39, 0.29) is 12.5 Å². The fraction of sp³-hybridized carbons (Fsp3) is 0.316. The smallest absolute Gasteiger partial charge is 0.251 e. The molecule has 2 N–H and O–H groups in total. The first-order chi connectivity index (χ1) is 12.1. The molecule has 1 amide bonds. The molecule has 1 unspecified atom stereocenters. The van der Waals surface area contributed by atoms with Gasteiger partial charge in [0.05, 0.1) is 19.3 Å².